The highest BCUT2D eigenvalue weighted by Gasteiger charge is 2.70. The van der Waals surface area contributed by atoms with E-state index in [2.05, 4.69) is 16.0 Å². The van der Waals surface area contributed by atoms with Crippen LogP contribution in [0.3, 0.4) is 0 Å². The molecule has 5 amide bonds. The third-order valence-electron chi connectivity index (χ3n) is 10.0. The van der Waals surface area contributed by atoms with Crippen LogP contribution in [0.25, 0.3) is 0 Å². The molecule has 3 rings (SSSR count). The Labute approximate surface area is 273 Å². The second kappa shape index (κ2) is 14.0. The van der Waals surface area contributed by atoms with Gasteiger partial charge < -0.3 is 31.3 Å². The summed E-state index contributed by atoms with van der Waals surface area (Å²) in [6.07, 6.45) is -5.06. The first-order valence-corrected chi connectivity index (χ1v) is 16.2. The highest BCUT2D eigenvalue weighted by Crippen LogP contribution is 2.65. The van der Waals surface area contributed by atoms with Gasteiger partial charge in [0.2, 0.25) is 17.6 Å². The Bertz CT molecular complexity index is 1240. The smallest absolute Gasteiger partial charge is 0.389 e. The van der Waals surface area contributed by atoms with Crippen LogP contribution in [0, 0.1) is 40.4 Å². The minimum absolute atomic E-state index is 0.00849. The number of hydrogen-bond donors (Lipinski definition) is 4. The maximum Gasteiger partial charge on any atom is 0.389 e. The first-order valence-electron chi connectivity index (χ1n) is 16.2. The molecule has 1 heterocycles. The third-order valence-corrected chi connectivity index (χ3v) is 10.0. The van der Waals surface area contributed by atoms with Gasteiger partial charge in [0, 0.05) is 13.0 Å². The number of Topliss-reactive ketones (excluding diaryl/α,β-unsaturated/α-hetero) is 1. The summed E-state index contributed by atoms with van der Waals surface area (Å²) < 4.78 is 44.4. The molecule has 15 heteroatoms. The van der Waals surface area contributed by atoms with Crippen molar-refractivity contribution in [2.75, 3.05) is 13.2 Å². The van der Waals surface area contributed by atoms with Crippen LogP contribution in [0.15, 0.2) is 0 Å². The van der Waals surface area contributed by atoms with Crippen LogP contribution in [-0.2, 0) is 28.7 Å². The van der Waals surface area contributed by atoms with Crippen molar-refractivity contribution in [3.63, 3.8) is 0 Å². The van der Waals surface area contributed by atoms with E-state index in [0.717, 1.165) is 12.8 Å². The number of alkyl halides is 3. The predicted molar refractivity (Wildman–Crippen MR) is 164 cm³/mol. The first-order chi connectivity index (χ1) is 21.5. The number of nitrogens with one attached hydrogen (secondary N) is 3. The lowest BCUT2D eigenvalue weighted by atomic mass is 9.85. The molecule has 47 heavy (non-hydrogen) atoms. The van der Waals surface area contributed by atoms with Crippen molar-refractivity contribution in [2.45, 2.75) is 111 Å². The van der Waals surface area contributed by atoms with Gasteiger partial charge in [0.25, 0.3) is 5.91 Å². The minimum atomic E-state index is -4.66. The maximum absolute atomic E-state index is 14.2. The number of fused-ring (bicyclic) bond motifs is 1. The standard InChI is InChI=1S/C32H50F3N5O7/c1-15(2)16(3)21(28(45)47-14-17-9-10-17)38-29(46)39-24(30(4,5)6)27(44)40-13-18-20(31(18,7)8)22(40)26(43)37-19(23(41)25(36)42)11-12-32(33,34)35/h15-22,24H,9-14H2,1-8H3,(H2,36,42)(H,37,43)(H2,38,39,46)/t16?,18-,19?,20-,21?,22-,24+/m0/s1. The number of hydrogen-bond acceptors (Lipinski definition) is 7. The number of urea groups is 1. The van der Waals surface area contributed by atoms with Gasteiger partial charge in [-0.2, -0.15) is 13.2 Å². The molecule has 12 nitrogen and oxygen atoms in total. The molecule has 5 N–H and O–H groups in total. The summed E-state index contributed by atoms with van der Waals surface area (Å²) in [4.78, 5) is 79.5. The van der Waals surface area contributed by atoms with Crippen LogP contribution in [0.4, 0.5) is 18.0 Å². The van der Waals surface area contributed by atoms with Gasteiger partial charge in [-0.3, -0.25) is 19.2 Å². The zero-order valence-corrected chi connectivity index (χ0v) is 28.5. The van der Waals surface area contributed by atoms with E-state index in [1.165, 1.54) is 4.90 Å². The van der Waals surface area contributed by atoms with Crippen molar-refractivity contribution in [1.29, 1.82) is 0 Å². The average molecular weight is 674 g/mol. The lowest BCUT2D eigenvalue weighted by Crippen LogP contribution is -2.62. The summed E-state index contributed by atoms with van der Waals surface area (Å²) in [5.74, 6) is -5.44. The number of halogens is 3. The number of carbonyl (C=O) groups is 6. The minimum Gasteiger partial charge on any atom is -0.464 e. The molecular weight excluding hydrogens is 623 g/mol. The fourth-order valence-electron chi connectivity index (χ4n) is 6.31. The molecule has 0 spiro atoms. The molecule has 0 aromatic rings. The lowest BCUT2D eigenvalue weighted by molar-refractivity contribution is -0.148. The van der Waals surface area contributed by atoms with Gasteiger partial charge in [-0.05, 0) is 59.7 Å². The molecule has 1 aliphatic heterocycles. The third kappa shape index (κ3) is 9.37. The molecule has 3 aliphatic rings. The van der Waals surface area contributed by atoms with Gasteiger partial charge in [-0.15, -0.1) is 0 Å². The Morgan fingerprint density at radius 1 is 0.979 bits per heavy atom. The predicted octanol–water partition coefficient (Wildman–Crippen LogP) is 2.68. The highest BCUT2D eigenvalue weighted by atomic mass is 19.4. The number of likely N-dealkylation sites (tertiary alicyclic amines) is 1. The SMILES string of the molecule is CC(C)C(C)C(NC(=O)N[C@H](C(=O)N1C[C@H]2[C@@H]([C@H]1C(=O)NC(CCC(F)(F)F)C(=O)C(N)=O)C2(C)C)C(C)(C)C)C(=O)OCC1CC1. The number of amides is 5. The topological polar surface area (TPSA) is 177 Å². The molecule has 1 saturated heterocycles. The van der Waals surface area contributed by atoms with E-state index in [1.54, 1.807) is 20.8 Å². The van der Waals surface area contributed by atoms with E-state index in [9.17, 15) is 41.9 Å². The molecule has 3 unspecified atom stereocenters. The second-order valence-electron chi connectivity index (χ2n) is 15.4. The Morgan fingerprint density at radius 3 is 2.06 bits per heavy atom. The Kier molecular flexibility index (Phi) is 11.3. The number of rotatable bonds is 14. The Hall–Kier alpha value is -3.39. The van der Waals surface area contributed by atoms with Gasteiger partial charge in [0.1, 0.15) is 18.1 Å². The number of ketones is 1. The number of nitrogens with two attached hydrogens (primary N) is 1. The van der Waals surface area contributed by atoms with Gasteiger partial charge in [-0.1, -0.05) is 55.4 Å². The van der Waals surface area contributed by atoms with Gasteiger partial charge in [-0.25, -0.2) is 9.59 Å². The van der Waals surface area contributed by atoms with Crippen molar-refractivity contribution in [1.82, 2.24) is 20.9 Å². The zero-order chi connectivity index (χ0) is 35.8. The maximum atomic E-state index is 14.2. The van der Waals surface area contributed by atoms with E-state index in [4.69, 9.17) is 10.5 Å². The van der Waals surface area contributed by atoms with Gasteiger partial charge >= 0.3 is 18.2 Å². The van der Waals surface area contributed by atoms with E-state index in [1.807, 2.05) is 34.6 Å². The molecule has 0 aromatic heterocycles. The highest BCUT2D eigenvalue weighted by molar-refractivity contribution is 6.37. The molecule has 0 aromatic carbocycles. The number of primary amides is 1. The molecule has 3 fully saturated rings. The number of esters is 1. The van der Waals surface area contributed by atoms with Crippen LogP contribution in [-0.4, -0.2) is 83.9 Å². The first kappa shape index (κ1) is 38.1. The number of nitrogens with zero attached hydrogens (tertiary/aromatic N) is 1. The van der Waals surface area contributed by atoms with Crippen molar-refractivity contribution in [3.8, 4) is 0 Å². The van der Waals surface area contributed by atoms with Crippen molar-refractivity contribution >= 4 is 35.5 Å². The molecule has 0 radical (unpaired) electrons. The summed E-state index contributed by atoms with van der Waals surface area (Å²) in [7, 11) is 0. The van der Waals surface area contributed by atoms with E-state index in [-0.39, 0.29) is 36.8 Å². The second-order valence-corrected chi connectivity index (χ2v) is 15.4. The number of piperidine rings is 1. The van der Waals surface area contributed by atoms with Crippen molar-refractivity contribution in [2.24, 2.45) is 46.2 Å². The van der Waals surface area contributed by atoms with E-state index < -0.39 is 89.5 Å². The Balaban J connectivity index is 1.82. The van der Waals surface area contributed by atoms with Gasteiger partial charge in [0.15, 0.2) is 0 Å². The zero-order valence-electron chi connectivity index (χ0n) is 28.5. The molecular formula is C32H50F3N5O7. The number of ether oxygens (including phenoxy) is 1. The number of carbonyl (C=O) groups excluding carboxylic acids is 6. The molecule has 266 valence electrons. The fourth-order valence-corrected chi connectivity index (χ4v) is 6.31. The van der Waals surface area contributed by atoms with Crippen LogP contribution >= 0.6 is 0 Å². The summed E-state index contributed by atoms with van der Waals surface area (Å²) in [6, 6.07) is -5.98. The van der Waals surface area contributed by atoms with Crippen LogP contribution in [0.1, 0.15) is 81.1 Å². The van der Waals surface area contributed by atoms with E-state index in [0.29, 0.717) is 5.92 Å². The van der Waals surface area contributed by atoms with E-state index >= 15 is 0 Å². The monoisotopic (exact) mass is 673 g/mol. The molecule has 2 aliphatic carbocycles. The lowest BCUT2D eigenvalue weighted by Gasteiger charge is -2.38. The quantitative estimate of drug-likeness (QED) is 0.162. The van der Waals surface area contributed by atoms with Crippen molar-refractivity contribution < 1.29 is 46.7 Å². The van der Waals surface area contributed by atoms with Crippen molar-refractivity contribution in [3.05, 3.63) is 0 Å². The molecule has 2 saturated carbocycles. The summed E-state index contributed by atoms with van der Waals surface area (Å²) >= 11 is 0. The largest absolute Gasteiger partial charge is 0.464 e. The van der Waals surface area contributed by atoms with Crippen LogP contribution < -0.4 is 21.7 Å². The Morgan fingerprint density at radius 2 is 1.57 bits per heavy atom. The summed E-state index contributed by atoms with van der Waals surface area (Å²) in [5.41, 5.74) is 3.77. The normalized spacial score (nSPS) is 24.3. The average Bonchev–Trinajstić information content (AvgIpc) is 3.81. The summed E-state index contributed by atoms with van der Waals surface area (Å²) in [6.45, 7) is 14.9. The summed E-state index contributed by atoms with van der Waals surface area (Å²) in [5, 5.41) is 7.63. The molecule has 7 atom stereocenters. The van der Waals surface area contributed by atoms with Gasteiger partial charge in [0.05, 0.1) is 12.6 Å². The fraction of sp³-hybridized carbons (Fsp3) is 0.812. The van der Waals surface area contributed by atoms with Crippen LogP contribution in [0.5, 0.6) is 0 Å². The molecule has 0 bridgehead atoms. The van der Waals surface area contributed by atoms with Crippen LogP contribution in [0.2, 0.25) is 0 Å².